The van der Waals surface area contributed by atoms with Crippen LogP contribution in [0.15, 0.2) is 78.5 Å². The maximum absolute atomic E-state index is 6.73. The molecule has 7 rings (SSSR count). The molecule has 5 nitrogen and oxygen atoms in total. The first-order chi connectivity index (χ1) is 24.8. The molecule has 1 unspecified atom stereocenters. The molecule has 3 heterocycles. The first-order valence-electron chi connectivity index (χ1n) is 19.3. The van der Waals surface area contributed by atoms with Gasteiger partial charge < -0.3 is 9.30 Å². The Morgan fingerprint density at radius 2 is 1.72 bits per heavy atom. The molecular weight excluding hydrogens is 832 g/mol. The van der Waals surface area contributed by atoms with Gasteiger partial charge in [-0.2, -0.15) is 11.2 Å². The van der Waals surface area contributed by atoms with E-state index >= 15 is 0 Å². The molecule has 1 aliphatic rings. The SMILES string of the molecule is CCCCc1ccnc(-n2c3[c-]c(Oc4[c-]c(-n5nc(C)c(C6C(C)=C[C@H](C)C[C@@H]6C)c5C(C)(C)C)cc(C(C)C)c4)ccc3c3ccccc32)c1.[Pt+2]. The second-order valence-electron chi connectivity index (χ2n) is 16.6. The van der Waals surface area contributed by atoms with Crippen molar-refractivity contribution in [3.63, 3.8) is 0 Å². The smallest absolute Gasteiger partial charge is 0.509 e. The molecule has 0 N–H and O–H groups in total. The number of pyridine rings is 1. The molecule has 3 aromatic heterocycles. The van der Waals surface area contributed by atoms with E-state index in [0.717, 1.165) is 52.9 Å². The molecule has 0 bridgehead atoms. The van der Waals surface area contributed by atoms with E-state index in [1.165, 1.54) is 39.8 Å². The van der Waals surface area contributed by atoms with E-state index in [4.69, 9.17) is 14.8 Å². The number of hydrogen-bond acceptors (Lipinski definition) is 3. The van der Waals surface area contributed by atoms with Crippen LogP contribution < -0.4 is 4.74 Å². The first-order valence-corrected chi connectivity index (χ1v) is 19.3. The molecule has 0 amide bonds. The Morgan fingerprint density at radius 1 is 0.943 bits per heavy atom. The Morgan fingerprint density at radius 3 is 2.43 bits per heavy atom. The van der Waals surface area contributed by atoms with Crippen LogP contribution in [0.1, 0.15) is 121 Å². The third kappa shape index (κ3) is 7.57. The summed E-state index contributed by atoms with van der Waals surface area (Å²) in [7, 11) is 0. The van der Waals surface area contributed by atoms with Crippen molar-refractivity contribution in [2.75, 3.05) is 0 Å². The number of ether oxygens (including phenoxy) is 1. The number of unbranched alkanes of at least 4 members (excludes halogenated alkanes) is 1. The summed E-state index contributed by atoms with van der Waals surface area (Å²) >= 11 is 0. The van der Waals surface area contributed by atoms with E-state index in [1.807, 2.05) is 12.3 Å². The number of para-hydroxylation sites is 1. The van der Waals surface area contributed by atoms with Crippen molar-refractivity contribution in [1.29, 1.82) is 0 Å². The fourth-order valence-corrected chi connectivity index (χ4v) is 8.57. The summed E-state index contributed by atoms with van der Waals surface area (Å²) in [6.07, 6.45) is 8.93. The molecule has 0 radical (unpaired) electrons. The number of allylic oxidation sites excluding steroid dienone is 2. The van der Waals surface area contributed by atoms with Crippen molar-refractivity contribution in [1.82, 2.24) is 19.3 Å². The Kier molecular flexibility index (Phi) is 11.3. The predicted octanol–water partition coefficient (Wildman–Crippen LogP) is 12.5. The molecule has 53 heavy (non-hydrogen) atoms. The van der Waals surface area contributed by atoms with Gasteiger partial charge in [-0.05, 0) is 85.7 Å². The maximum Gasteiger partial charge on any atom is 2.00 e. The molecule has 3 aromatic carbocycles. The largest absolute Gasteiger partial charge is 2.00 e. The summed E-state index contributed by atoms with van der Waals surface area (Å²) in [5.41, 5.74) is 10.4. The van der Waals surface area contributed by atoms with E-state index in [-0.39, 0.29) is 32.4 Å². The van der Waals surface area contributed by atoms with Gasteiger partial charge in [-0.3, -0.25) is 4.68 Å². The molecule has 6 aromatic rings. The Labute approximate surface area is 331 Å². The second-order valence-corrected chi connectivity index (χ2v) is 16.6. The zero-order valence-corrected chi connectivity index (χ0v) is 35.4. The molecule has 3 atom stereocenters. The molecule has 0 saturated heterocycles. The van der Waals surface area contributed by atoms with Crippen LogP contribution in [-0.2, 0) is 32.9 Å². The van der Waals surface area contributed by atoms with Crippen molar-refractivity contribution in [3.8, 4) is 23.0 Å². The quantitative estimate of drug-likeness (QED) is 0.107. The molecule has 0 aliphatic heterocycles. The van der Waals surface area contributed by atoms with Gasteiger partial charge in [-0.15, -0.1) is 41.3 Å². The minimum absolute atomic E-state index is 0. The number of aryl methyl sites for hydroxylation is 2. The van der Waals surface area contributed by atoms with Gasteiger partial charge in [0.25, 0.3) is 0 Å². The normalized spacial score (nSPS) is 17.7. The standard InChI is InChI=1S/C47H54N4O.Pt/c1-11-12-15-34-20-21-48-43(24-34)50-41-17-14-13-16-39(41)40-19-18-37(28-42(40)50)52-38-26-35(29(2)3)25-36(27-38)51-46(47(8,9)10)45(33(7)49-51)44-31(5)22-30(4)23-32(44)6;/h13-14,16-22,24-26,29-30,32,44H,11-12,15,23H2,1-10H3;/q-2;+2/t30-,32-,44?;/m0./s1. The number of rotatable bonds is 9. The van der Waals surface area contributed by atoms with Crippen LogP contribution in [0.4, 0.5) is 0 Å². The van der Waals surface area contributed by atoms with Gasteiger partial charge in [-0.25, -0.2) is 4.98 Å². The van der Waals surface area contributed by atoms with Gasteiger partial charge in [0.05, 0.1) is 11.4 Å². The van der Waals surface area contributed by atoms with Gasteiger partial charge in [0.15, 0.2) is 0 Å². The summed E-state index contributed by atoms with van der Waals surface area (Å²) in [5.74, 6) is 3.96. The maximum atomic E-state index is 6.73. The van der Waals surface area contributed by atoms with Crippen LogP contribution >= 0.6 is 0 Å². The molecule has 278 valence electrons. The minimum Gasteiger partial charge on any atom is -0.509 e. The Bertz CT molecular complexity index is 2280. The minimum atomic E-state index is -0.142. The van der Waals surface area contributed by atoms with Crippen molar-refractivity contribution in [2.45, 2.75) is 112 Å². The zero-order valence-electron chi connectivity index (χ0n) is 33.1. The number of fused-ring (bicyclic) bond motifs is 3. The molecular formula is C47H54N4OPt. The van der Waals surface area contributed by atoms with Gasteiger partial charge in [0.2, 0.25) is 0 Å². The van der Waals surface area contributed by atoms with Crippen LogP contribution in [0.3, 0.4) is 0 Å². The van der Waals surface area contributed by atoms with Crippen LogP contribution in [0.25, 0.3) is 33.3 Å². The number of hydrogen-bond donors (Lipinski definition) is 0. The molecule has 1 aliphatic carbocycles. The van der Waals surface area contributed by atoms with Crippen LogP contribution in [0, 0.1) is 30.9 Å². The van der Waals surface area contributed by atoms with Crippen LogP contribution in [0.5, 0.6) is 11.5 Å². The van der Waals surface area contributed by atoms with Gasteiger partial charge >= 0.3 is 21.1 Å². The van der Waals surface area contributed by atoms with Gasteiger partial charge in [0.1, 0.15) is 5.82 Å². The van der Waals surface area contributed by atoms with Crippen LogP contribution in [0.2, 0.25) is 0 Å². The van der Waals surface area contributed by atoms with E-state index in [0.29, 0.717) is 29.3 Å². The summed E-state index contributed by atoms with van der Waals surface area (Å²) < 4.78 is 11.1. The summed E-state index contributed by atoms with van der Waals surface area (Å²) in [4.78, 5) is 4.85. The Hall–Kier alpha value is -3.95. The third-order valence-corrected chi connectivity index (χ3v) is 10.9. The van der Waals surface area contributed by atoms with Gasteiger partial charge in [-0.1, -0.05) is 97.2 Å². The van der Waals surface area contributed by atoms with Crippen molar-refractivity contribution in [3.05, 3.63) is 119 Å². The summed E-state index contributed by atoms with van der Waals surface area (Å²) in [6, 6.07) is 28.7. The van der Waals surface area contributed by atoms with E-state index in [1.54, 1.807) is 0 Å². The molecule has 6 heteroatoms. The topological polar surface area (TPSA) is 44.9 Å². The van der Waals surface area contributed by atoms with Gasteiger partial charge in [0, 0.05) is 40.1 Å². The fourth-order valence-electron chi connectivity index (χ4n) is 8.57. The average Bonchev–Trinajstić information content (AvgIpc) is 3.61. The Balaban J connectivity index is 0.00000481. The van der Waals surface area contributed by atoms with Crippen LogP contribution in [-0.4, -0.2) is 19.3 Å². The van der Waals surface area contributed by atoms with E-state index in [9.17, 15) is 0 Å². The average molecular weight is 886 g/mol. The summed E-state index contributed by atoms with van der Waals surface area (Å²) in [5, 5.41) is 7.57. The van der Waals surface area contributed by atoms with Crippen molar-refractivity contribution >= 4 is 21.8 Å². The zero-order chi connectivity index (χ0) is 36.9. The number of benzene rings is 3. The number of aromatic nitrogens is 4. The van der Waals surface area contributed by atoms with E-state index < -0.39 is 0 Å². The third-order valence-electron chi connectivity index (χ3n) is 10.9. The second kappa shape index (κ2) is 15.4. The summed E-state index contributed by atoms with van der Waals surface area (Å²) in [6.45, 7) is 22.8. The fraction of sp³-hybridized carbons (Fsp3) is 0.404. The number of nitrogens with zero attached hydrogens (tertiary/aromatic N) is 4. The molecule has 0 spiro atoms. The molecule has 0 saturated carbocycles. The van der Waals surface area contributed by atoms with Crippen molar-refractivity contribution in [2.24, 2.45) is 11.8 Å². The van der Waals surface area contributed by atoms with Crippen molar-refractivity contribution < 1.29 is 25.8 Å². The van der Waals surface area contributed by atoms with E-state index in [2.05, 4.69) is 151 Å². The monoisotopic (exact) mass is 885 g/mol. The first kappa shape index (κ1) is 38.8. The predicted molar refractivity (Wildman–Crippen MR) is 215 cm³/mol. The molecule has 0 fully saturated rings.